The Labute approximate surface area is 145 Å². The maximum absolute atomic E-state index is 12.6. The fourth-order valence-corrected chi connectivity index (χ4v) is 2.89. The van der Waals surface area contributed by atoms with Crippen molar-refractivity contribution in [1.82, 2.24) is 9.55 Å². The van der Waals surface area contributed by atoms with Gasteiger partial charge in [-0.05, 0) is 43.3 Å². The van der Waals surface area contributed by atoms with Gasteiger partial charge in [0.25, 0.3) is 0 Å². The van der Waals surface area contributed by atoms with E-state index < -0.39 is 0 Å². The topological polar surface area (TPSA) is 46.9 Å². The lowest BCUT2D eigenvalue weighted by Gasteiger charge is -2.18. The van der Waals surface area contributed by atoms with E-state index in [0.717, 1.165) is 17.1 Å². The van der Waals surface area contributed by atoms with Gasteiger partial charge in [-0.25, -0.2) is 4.98 Å². The standard InChI is InChI=1S/C21H17N3O/c1-15-12-13-18-19(25)14-20(23-16-8-4-2-5-9-16)24(21(18)22-15)17-10-6-3-7-11-17/h2-14,23H,1H3. The summed E-state index contributed by atoms with van der Waals surface area (Å²) >= 11 is 0. The molecule has 0 saturated heterocycles. The predicted molar refractivity (Wildman–Crippen MR) is 102 cm³/mol. The average molecular weight is 327 g/mol. The predicted octanol–water partition coefficient (Wildman–Crippen LogP) is 4.44. The molecule has 25 heavy (non-hydrogen) atoms. The van der Waals surface area contributed by atoms with Crippen LogP contribution in [0, 0.1) is 6.92 Å². The Bertz CT molecular complexity index is 1090. The number of aromatic nitrogens is 2. The van der Waals surface area contributed by atoms with Gasteiger partial charge in [-0.1, -0.05) is 36.4 Å². The normalized spacial score (nSPS) is 10.8. The highest BCUT2D eigenvalue weighted by atomic mass is 16.1. The van der Waals surface area contributed by atoms with E-state index in [1.165, 1.54) is 0 Å². The number of rotatable bonds is 3. The fraction of sp³-hybridized carbons (Fsp3) is 0.0476. The van der Waals surface area contributed by atoms with Crippen LogP contribution in [0.4, 0.5) is 11.5 Å². The van der Waals surface area contributed by atoms with E-state index in [-0.39, 0.29) is 5.43 Å². The smallest absolute Gasteiger partial charge is 0.193 e. The molecule has 0 saturated carbocycles. The van der Waals surface area contributed by atoms with Gasteiger partial charge in [-0.3, -0.25) is 9.36 Å². The molecule has 2 aromatic carbocycles. The minimum atomic E-state index is -0.0480. The molecule has 1 N–H and O–H groups in total. The fourth-order valence-electron chi connectivity index (χ4n) is 2.89. The van der Waals surface area contributed by atoms with Crippen LogP contribution in [0.5, 0.6) is 0 Å². The van der Waals surface area contributed by atoms with Crippen molar-refractivity contribution in [1.29, 1.82) is 0 Å². The summed E-state index contributed by atoms with van der Waals surface area (Å²) < 4.78 is 1.98. The Hall–Kier alpha value is -3.40. The molecular formula is C21H17N3O. The second-order valence-corrected chi connectivity index (χ2v) is 5.88. The van der Waals surface area contributed by atoms with Crippen LogP contribution in [0.1, 0.15) is 5.69 Å². The number of benzene rings is 2. The molecule has 0 atom stereocenters. The number of pyridine rings is 2. The Kier molecular flexibility index (Phi) is 3.78. The molecule has 4 aromatic rings. The van der Waals surface area contributed by atoms with E-state index in [4.69, 9.17) is 0 Å². The molecule has 0 amide bonds. The van der Waals surface area contributed by atoms with E-state index in [0.29, 0.717) is 16.9 Å². The summed E-state index contributed by atoms with van der Waals surface area (Å²) in [5.41, 5.74) is 3.33. The number of nitrogens with one attached hydrogen (secondary N) is 1. The first-order valence-corrected chi connectivity index (χ1v) is 8.13. The van der Waals surface area contributed by atoms with Crippen molar-refractivity contribution in [3.63, 3.8) is 0 Å². The molecule has 2 aromatic heterocycles. The molecule has 4 heteroatoms. The van der Waals surface area contributed by atoms with E-state index in [1.54, 1.807) is 6.07 Å². The molecule has 0 unspecified atom stereocenters. The van der Waals surface area contributed by atoms with Gasteiger partial charge in [-0.15, -0.1) is 0 Å². The summed E-state index contributed by atoms with van der Waals surface area (Å²) in [4.78, 5) is 17.2. The third-order valence-electron chi connectivity index (χ3n) is 4.06. The lowest BCUT2D eigenvalue weighted by Crippen LogP contribution is -2.13. The van der Waals surface area contributed by atoms with Crippen molar-refractivity contribution < 1.29 is 0 Å². The van der Waals surface area contributed by atoms with E-state index >= 15 is 0 Å². The average Bonchev–Trinajstić information content (AvgIpc) is 2.63. The first-order valence-electron chi connectivity index (χ1n) is 8.13. The van der Waals surface area contributed by atoms with Crippen LogP contribution >= 0.6 is 0 Å². The van der Waals surface area contributed by atoms with Crippen LogP contribution in [-0.2, 0) is 0 Å². The summed E-state index contributed by atoms with van der Waals surface area (Å²) in [6.45, 7) is 1.93. The lowest BCUT2D eigenvalue weighted by atomic mass is 10.2. The van der Waals surface area contributed by atoms with Crippen LogP contribution in [0.3, 0.4) is 0 Å². The van der Waals surface area contributed by atoms with Crippen LogP contribution in [0.25, 0.3) is 16.7 Å². The highest BCUT2D eigenvalue weighted by Gasteiger charge is 2.12. The Morgan fingerprint density at radius 1 is 0.880 bits per heavy atom. The molecule has 0 fully saturated rings. The van der Waals surface area contributed by atoms with Crippen LogP contribution in [-0.4, -0.2) is 9.55 Å². The minimum absolute atomic E-state index is 0.0480. The lowest BCUT2D eigenvalue weighted by molar-refractivity contribution is 1.05. The molecule has 0 radical (unpaired) electrons. The van der Waals surface area contributed by atoms with Gasteiger partial charge < -0.3 is 5.32 Å². The van der Waals surface area contributed by atoms with Crippen molar-refractivity contribution in [3.8, 4) is 5.69 Å². The molecular weight excluding hydrogens is 310 g/mol. The van der Waals surface area contributed by atoms with Crippen molar-refractivity contribution in [2.75, 3.05) is 5.32 Å². The van der Waals surface area contributed by atoms with Crippen LogP contribution in [0.2, 0.25) is 0 Å². The highest BCUT2D eigenvalue weighted by molar-refractivity contribution is 5.81. The summed E-state index contributed by atoms with van der Waals surface area (Å²) in [6.07, 6.45) is 0. The summed E-state index contributed by atoms with van der Waals surface area (Å²) in [6, 6.07) is 25.1. The molecule has 0 bridgehead atoms. The minimum Gasteiger partial charge on any atom is -0.341 e. The molecule has 0 aliphatic carbocycles. The maximum Gasteiger partial charge on any atom is 0.193 e. The third kappa shape index (κ3) is 2.90. The first kappa shape index (κ1) is 15.1. The van der Waals surface area contributed by atoms with E-state index in [2.05, 4.69) is 10.3 Å². The van der Waals surface area contributed by atoms with Gasteiger partial charge in [0.05, 0.1) is 5.39 Å². The van der Waals surface area contributed by atoms with Crippen molar-refractivity contribution in [3.05, 3.63) is 94.8 Å². The number of hydrogen-bond donors (Lipinski definition) is 1. The maximum atomic E-state index is 12.6. The number of aryl methyl sites for hydroxylation is 1. The molecule has 4 nitrogen and oxygen atoms in total. The zero-order valence-electron chi connectivity index (χ0n) is 13.8. The number of nitrogens with zero attached hydrogens (tertiary/aromatic N) is 2. The van der Waals surface area contributed by atoms with E-state index in [9.17, 15) is 4.79 Å². The quantitative estimate of drug-likeness (QED) is 0.605. The zero-order chi connectivity index (χ0) is 17.2. The largest absolute Gasteiger partial charge is 0.341 e. The van der Waals surface area contributed by atoms with E-state index in [1.807, 2.05) is 84.3 Å². The van der Waals surface area contributed by atoms with Crippen molar-refractivity contribution >= 4 is 22.5 Å². The Balaban J connectivity index is 2.03. The van der Waals surface area contributed by atoms with Gasteiger partial charge in [0.1, 0.15) is 11.5 Å². The van der Waals surface area contributed by atoms with Crippen LogP contribution in [0.15, 0.2) is 83.7 Å². The summed E-state index contributed by atoms with van der Waals surface area (Å²) in [7, 11) is 0. The molecule has 0 aliphatic rings. The monoisotopic (exact) mass is 327 g/mol. The van der Waals surface area contributed by atoms with Gasteiger partial charge in [0.2, 0.25) is 0 Å². The SMILES string of the molecule is Cc1ccc2c(=O)cc(Nc3ccccc3)n(-c3ccccc3)c2n1. The van der Waals surface area contributed by atoms with Crippen molar-refractivity contribution in [2.45, 2.75) is 6.92 Å². The third-order valence-corrected chi connectivity index (χ3v) is 4.06. The van der Waals surface area contributed by atoms with Crippen molar-refractivity contribution in [2.24, 2.45) is 0 Å². The second-order valence-electron chi connectivity index (χ2n) is 5.88. The highest BCUT2D eigenvalue weighted by Crippen LogP contribution is 2.24. The van der Waals surface area contributed by atoms with Gasteiger partial charge in [0.15, 0.2) is 5.43 Å². The molecule has 0 spiro atoms. The van der Waals surface area contributed by atoms with Gasteiger partial charge in [-0.2, -0.15) is 0 Å². The number of hydrogen-bond acceptors (Lipinski definition) is 3. The molecule has 0 aliphatic heterocycles. The first-order chi connectivity index (χ1) is 12.2. The Morgan fingerprint density at radius 2 is 1.56 bits per heavy atom. The van der Waals surface area contributed by atoms with Crippen LogP contribution < -0.4 is 10.7 Å². The number of fused-ring (bicyclic) bond motifs is 1. The van der Waals surface area contributed by atoms with Gasteiger partial charge in [0, 0.05) is 23.1 Å². The number of anilines is 2. The molecule has 122 valence electrons. The summed E-state index contributed by atoms with van der Waals surface area (Å²) in [5.74, 6) is 0.688. The van der Waals surface area contributed by atoms with Gasteiger partial charge >= 0.3 is 0 Å². The summed E-state index contributed by atoms with van der Waals surface area (Å²) in [5, 5.41) is 3.95. The Morgan fingerprint density at radius 3 is 2.28 bits per heavy atom. The second kappa shape index (κ2) is 6.24. The molecule has 2 heterocycles. The zero-order valence-corrected chi connectivity index (χ0v) is 13.8. The number of para-hydroxylation sites is 2. The molecule has 4 rings (SSSR count).